The standard InChI is InChI=1S/C19H32O.C5H5.Fe/c1-2-3-4-5-6-7-8-9-10-11-12-17-19(20)18-15-13-14-16-18;1-2-4-5-3-1;/h13-16,20H,2-12,17H2,1H3;1-5H;/q;-1;+2/p-1. The summed E-state index contributed by atoms with van der Waals surface area (Å²) in [7, 11) is 0. The van der Waals surface area contributed by atoms with Gasteiger partial charge in [-0.05, 0) is 12.0 Å². The maximum absolute atomic E-state index is 11.8. The quantitative estimate of drug-likeness (QED) is 0.164. The summed E-state index contributed by atoms with van der Waals surface area (Å²) in [6.07, 6.45) is 23.1. The van der Waals surface area contributed by atoms with Crippen LogP contribution in [0, 0.1) is 0 Å². The normalized spacial score (nSPS) is 11.8. The molecule has 0 amide bonds. The van der Waals surface area contributed by atoms with Gasteiger partial charge in [0.05, 0.1) is 0 Å². The summed E-state index contributed by atoms with van der Waals surface area (Å²) in [5, 5.41) is 11.8. The van der Waals surface area contributed by atoms with E-state index in [0.717, 1.165) is 18.4 Å². The monoisotopic (exact) mass is 396 g/mol. The van der Waals surface area contributed by atoms with E-state index in [-0.39, 0.29) is 17.1 Å². The summed E-state index contributed by atoms with van der Waals surface area (Å²) >= 11 is 0. The summed E-state index contributed by atoms with van der Waals surface area (Å²) in [5.41, 5.74) is 0.886. The maximum Gasteiger partial charge on any atom is 2.00 e. The molecule has 0 heterocycles. The third-order valence-electron chi connectivity index (χ3n) is 4.55. The van der Waals surface area contributed by atoms with E-state index in [4.69, 9.17) is 0 Å². The van der Waals surface area contributed by atoms with Crippen LogP contribution in [0.3, 0.4) is 0 Å². The number of unbranched alkanes of at least 4 members (excludes halogenated alkanes) is 10. The molecule has 0 fully saturated rings. The SMILES string of the molecule is CCCCCCCCCCCCCC([O-])=C1C=CC=C1.[Fe+2].c1cc[cH-]c1. The van der Waals surface area contributed by atoms with E-state index >= 15 is 0 Å². The van der Waals surface area contributed by atoms with Gasteiger partial charge < -0.3 is 5.11 Å². The Hall–Kier alpha value is -1.11. The van der Waals surface area contributed by atoms with Crippen molar-refractivity contribution in [2.45, 2.75) is 84.0 Å². The Labute approximate surface area is 172 Å². The fourth-order valence-corrected chi connectivity index (χ4v) is 2.97. The molecule has 1 aromatic carbocycles. The van der Waals surface area contributed by atoms with Gasteiger partial charge in [-0.25, -0.2) is 12.1 Å². The maximum atomic E-state index is 11.8. The zero-order chi connectivity index (χ0) is 18.0. The van der Waals surface area contributed by atoms with Crippen molar-refractivity contribution in [3.63, 3.8) is 0 Å². The molecule has 0 aromatic heterocycles. The second kappa shape index (κ2) is 18.7. The zero-order valence-corrected chi connectivity index (χ0v) is 17.5. The minimum Gasteiger partial charge on any atom is -0.875 e. The Morgan fingerprint density at radius 2 is 1.23 bits per heavy atom. The molecule has 1 aromatic rings. The minimum atomic E-state index is 0. The first-order valence-corrected chi connectivity index (χ1v) is 10.3. The molecule has 0 radical (unpaired) electrons. The van der Waals surface area contributed by atoms with Gasteiger partial charge in [-0.3, -0.25) is 0 Å². The van der Waals surface area contributed by atoms with Crippen LogP contribution in [0.5, 0.6) is 0 Å². The van der Waals surface area contributed by atoms with Crippen molar-refractivity contribution in [2.24, 2.45) is 0 Å². The number of rotatable bonds is 12. The summed E-state index contributed by atoms with van der Waals surface area (Å²) < 4.78 is 0. The average Bonchev–Trinajstić information content (AvgIpc) is 3.35. The molecule has 0 spiro atoms. The van der Waals surface area contributed by atoms with Crippen molar-refractivity contribution in [1.82, 2.24) is 0 Å². The van der Waals surface area contributed by atoms with Crippen LogP contribution in [0.15, 0.2) is 66.0 Å². The van der Waals surface area contributed by atoms with Crippen LogP contribution in [0.25, 0.3) is 0 Å². The molecule has 0 bridgehead atoms. The van der Waals surface area contributed by atoms with Crippen LogP contribution in [-0.2, 0) is 17.1 Å². The fourth-order valence-electron chi connectivity index (χ4n) is 2.97. The number of hydrogen-bond donors (Lipinski definition) is 0. The van der Waals surface area contributed by atoms with E-state index in [0.29, 0.717) is 5.76 Å². The van der Waals surface area contributed by atoms with Crippen molar-refractivity contribution in [3.05, 3.63) is 66.0 Å². The van der Waals surface area contributed by atoms with Crippen molar-refractivity contribution in [3.8, 4) is 0 Å². The van der Waals surface area contributed by atoms with E-state index in [9.17, 15) is 5.11 Å². The predicted molar refractivity (Wildman–Crippen MR) is 108 cm³/mol. The van der Waals surface area contributed by atoms with Crippen LogP contribution in [-0.4, -0.2) is 0 Å². The topological polar surface area (TPSA) is 23.1 Å². The van der Waals surface area contributed by atoms with Gasteiger partial charge in [0.1, 0.15) is 0 Å². The van der Waals surface area contributed by atoms with Crippen LogP contribution in [0.4, 0.5) is 0 Å². The van der Waals surface area contributed by atoms with Gasteiger partial charge >= 0.3 is 17.1 Å². The number of allylic oxidation sites excluding steroid dienone is 6. The zero-order valence-electron chi connectivity index (χ0n) is 16.4. The molecular formula is C24H36FeO. The van der Waals surface area contributed by atoms with Gasteiger partial charge in [0, 0.05) is 0 Å². The molecule has 26 heavy (non-hydrogen) atoms. The largest absolute Gasteiger partial charge is 2.00 e. The van der Waals surface area contributed by atoms with Gasteiger partial charge in [0.25, 0.3) is 0 Å². The molecule has 2 heteroatoms. The minimum absolute atomic E-state index is 0. The van der Waals surface area contributed by atoms with Gasteiger partial charge in [-0.15, -0.1) is 5.76 Å². The predicted octanol–water partition coefficient (Wildman–Crippen LogP) is 6.83. The third kappa shape index (κ3) is 14.1. The molecule has 0 N–H and O–H groups in total. The fraction of sp³-hybridized carbons (Fsp3) is 0.542. The van der Waals surface area contributed by atoms with Gasteiger partial charge in [-0.1, -0.05) is 102 Å². The van der Waals surface area contributed by atoms with Crippen molar-refractivity contribution in [2.75, 3.05) is 0 Å². The summed E-state index contributed by atoms with van der Waals surface area (Å²) in [4.78, 5) is 0. The Bertz CT molecular complexity index is 451. The van der Waals surface area contributed by atoms with Crippen LogP contribution < -0.4 is 5.11 Å². The molecule has 0 saturated carbocycles. The van der Waals surface area contributed by atoms with Gasteiger partial charge in [0.15, 0.2) is 0 Å². The van der Waals surface area contributed by atoms with Crippen LogP contribution in [0.1, 0.15) is 84.0 Å². The van der Waals surface area contributed by atoms with Gasteiger partial charge in [0.2, 0.25) is 0 Å². The Morgan fingerprint density at radius 1 is 0.769 bits per heavy atom. The van der Waals surface area contributed by atoms with Crippen LogP contribution >= 0.6 is 0 Å². The Morgan fingerprint density at radius 3 is 1.65 bits per heavy atom. The molecule has 1 aliphatic carbocycles. The van der Waals surface area contributed by atoms with Crippen molar-refractivity contribution < 1.29 is 22.2 Å². The first-order valence-electron chi connectivity index (χ1n) is 10.3. The second-order valence-corrected chi connectivity index (χ2v) is 6.84. The van der Waals surface area contributed by atoms with E-state index in [2.05, 4.69) is 6.92 Å². The van der Waals surface area contributed by atoms with Gasteiger partial charge in [-0.2, -0.15) is 18.2 Å². The molecule has 0 unspecified atom stereocenters. The Kier molecular flexibility index (Phi) is 17.9. The summed E-state index contributed by atoms with van der Waals surface area (Å²) in [5.74, 6) is 0.311. The first kappa shape index (κ1) is 24.9. The van der Waals surface area contributed by atoms with E-state index in [1.54, 1.807) is 0 Å². The number of hydrogen-bond acceptors (Lipinski definition) is 1. The second-order valence-electron chi connectivity index (χ2n) is 6.84. The van der Waals surface area contributed by atoms with E-state index in [1.165, 1.54) is 64.2 Å². The Balaban J connectivity index is 0.000000893. The third-order valence-corrected chi connectivity index (χ3v) is 4.55. The summed E-state index contributed by atoms with van der Waals surface area (Å²) in [6, 6.07) is 10.0. The molecule has 1 aliphatic rings. The summed E-state index contributed by atoms with van der Waals surface area (Å²) in [6.45, 7) is 2.27. The molecular weight excluding hydrogens is 360 g/mol. The molecule has 1 nitrogen and oxygen atoms in total. The molecule has 0 atom stereocenters. The van der Waals surface area contributed by atoms with E-state index in [1.807, 2.05) is 54.6 Å². The van der Waals surface area contributed by atoms with Crippen molar-refractivity contribution >= 4 is 0 Å². The molecule has 0 aliphatic heterocycles. The van der Waals surface area contributed by atoms with Crippen molar-refractivity contribution in [1.29, 1.82) is 0 Å². The average molecular weight is 396 g/mol. The van der Waals surface area contributed by atoms with Crippen LogP contribution in [0.2, 0.25) is 0 Å². The van der Waals surface area contributed by atoms with E-state index < -0.39 is 0 Å². The molecule has 146 valence electrons. The first-order chi connectivity index (χ1) is 12.3. The molecule has 0 saturated heterocycles. The smallest absolute Gasteiger partial charge is 0.875 e. The molecule has 2 rings (SSSR count).